The summed E-state index contributed by atoms with van der Waals surface area (Å²) in [4.78, 5) is 0. The van der Waals surface area contributed by atoms with Crippen LogP contribution in [0.4, 0.5) is 0 Å². The van der Waals surface area contributed by atoms with Crippen molar-refractivity contribution < 1.29 is 4.74 Å². The van der Waals surface area contributed by atoms with Gasteiger partial charge in [-0.1, -0.05) is 19.6 Å². The second kappa shape index (κ2) is 2.81. The van der Waals surface area contributed by atoms with Crippen molar-refractivity contribution in [1.29, 1.82) is 0 Å². The molecule has 2 nitrogen and oxygen atoms in total. The zero-order valence-corrected chi connectivity index (χ0v) is 9.97. The molecule has 0 amide bonds. The second-order valence-electron chi connectivity index (χ2n) is 6.00. The Morgan fingerprint density at radius 1 is 1.38 bits per heavy atom. The van der Waals surface area contributed by atoms with Crippen molar-refractivity contribution in [3.8, 4) is 0 Å². The molecular weight excluding hydrogens is 178 g/mol. The molecule has 0 radical (unpaired) electrons. The van der Waals surface area contributed by atoms with Gasteiger partial charge >= 0.3 is 0 Å². The average molecular weight is 199 g/mol. The minimum atomic E-state index is -1.04. The molecule has 2 rings (SSSR count). The molecule has 0 saturated carbocycles. The third-order valence-electron chi connectivity index (χ3n) is 3.22. The van der Waals surface area contributed by atoms with Crippen LogP contribution in [0.2, 0.25) is 25.7 Å². The summed E-state index contributed by atoms with van der Waals surface area (Å²) in [5.74, 6) is 0. The molecular formula is C10H21NOSi. The van der Waals surface area contributed by atoms with E-state index in [0.717, 1.165) is 6.42 Å². The van der Waals surface area contributed by atoms with Gasteiger partial charge in [-0.15, -0.1) is 0 Å². The van der Waals surface area contributed by atoms with E-state index < -0.39 is 8.07 Å². The van der Waals surface area contributed by atoms with Crippen molar-refractivity contribution in [2.45, 2.75) is 62.7 Å². The van der Waals surface area contributed by atoms with Crippen molar-refractivity contribution in [1.82, 2.24) is 0 Å². The number of hydrogen-bond donors (Lipinski definition) is 1. The largest absolute Gasteiger partial charge is 0.373 e. The van der Waals surface area contributed by atoms with Gasteiger partial charge in [0, 0.05) is 13.6 Å². The summed E-state index contributed by atoms with van der Waals surface area (Å²) in [7, 11) is -1.04. The van der Waals surface area contributed by atoms with Gasteiger partial charge in [0.1, 0.15) is 0 Å². The van der Waals surface area contributed by atoms with E-state index >= 15 is 0 Å². The maximum atomic E-state index is 6.44. The summed E-state index contributed by atoms with van der Waals surface area (Å²) in [5.41, 5.74) is 6.48. The van der Waals surface area contributed by atoms with Crippen molar-refractivity contribution in [3.05, 3.63) is 0 Å². The summed E-state index contributed by atoms with van der Waals surface area (Å²) in [6.07, 6.45) is 4.43. The van der Waals surface area contributed by atoms with Crippen LogP contribution in [0.25, 0.3) is 0 Å². The predicted molar refractivity (Wildman–Crippen MR) is 57.6 cm³/mol. The monoisotopic (exact) mass is 199 g/mol. The second-order valence-corrected chi connectivity index (χ2v) is 11.5. The van der Waals surface area contributed by atoms with E-state index in [9.17, 15) is 0 Å². The summed E-state index contributed by atoms with van der Waals surface area (Å²) >= 11 is 0. The number of rotatable bonds is 2. The first-order chi connectivity index (χ1) is 5.89. The average Bonchev–Trinajstić information content (AvgIpc) is 2.39. The molecule has 3 heteroatoms. The van der Waals surface area contributed by atoms with Gasteiger partial charge in [0.25, 0.3) is 0 Å². The molecule has 3 atom stereocenters. The van der Waals surface area contributed by atoms with Crippen molar-refractivity contribution in [2.24, 2.45) is 5.73 Å². The molecule has 2 aliphatic heterocycles. The standard InChI is InChI=1S/C10H21NOSi/c1-13(2,3)7-10(11)6-8-4-5-9(10)12-8/h8-9H,4-7,11H2,1-3H3. The van der Waals surface area contributed by atoms with Gasteiger partial charge in [-0.25, -0.2) is 0 Å². The first-order valence-electron chi connectivity index (χ1n) is 5.33. The lowest BCUT2D eigenvalue weighted by Crippen LogP contribution is -2.52. The zero-order chi connectivity index (χ0) is 9.69. The van der Waals surface area contributed by atoms with Crippen LogP contribution in [0.15, 0.2) is 0 Å². The van der Waals surface area contributed by atoms with Crippen molar-refractivity contribution >= 4 is 8.07 Å². The Labute approximate surface area is 81.8 Å². The maximum absolute atomic E-state index is 6.44. The summed E-state index contributed by atoms with van der Waals surface area (Å²) in [6, 6.07) is 1.22. The van der Waals surface area contributed by atoms with Crippen LogP contribution in [-0.2, 0) is 4.74 Å². The highest BCUT2D eigenvalue weighted by atomic mass is 28.3. The molecule has 13 heavy (non-hydrogen) atoms. The molecule has 0 spiro atoms. The van der Waals surface area contributed by atoms with Crippen LogP contribution < -0.4 is 5.73 Å². The van der Waals surface area contributed by atoms with Crippen LogP contribution in [-0.4, -0.2) is 25.8 Å². The van der Waals surface area contributed by atoms with Crippen molar-refractivity contribution in [3.63, 3.8) is 0 Å². The third-order valence-corrected chi connectivity index (χ3v) is 4.93. The van der Waals surface area contributed by atoms with Crippen LogP contribution in [0.5, 0.6) is 0 Å². The van der Waals surface area contributed by atoms with Crippen molar-refractivity contribution in [2.75, 3.05) is 0 Å². The van der Waals surface area contributed by atoms with E-state index in [-0.39, 0.29) is 5.54 Å². The summed E-state index contributed by atoms with van der Waals surface area (Å²) < 4.78 is 5.83. The minimum Gasteiger partial charge on any atom is -0.373 e. The van der Waals surface area contributed by atoms with Gasteiger partial charge < -0.3 is 10.5 Å². The Morgan fingerprint density at radius 2 is 2.08 bits per heavy atom. The molecule has 76 valence electrons. The van der Waals surface area contributed by atoms with E-state index in [1.165, 1.54) is 18.9 Å². The van der Waals surface area contributed by atoms with E-state index in [4.69, 9.17) is 10.5 Å². The fourth-order valence-electron chi connectivity index (χ4n) is 3.01. The molecule has 0 aromatic carbocycles. The summed E-state index contributed by atoms with van der Waals surface area (Å²) in [5, 5.41) is 0. The van der Waals surface area contributed by atoms with Gasteiger partial charge in [0.05, 0.1) is 12.2 Å². The molecule has 2 bridgehead atoms. The van der Waals surface area contributed by atoms with Crippen LogP contribution in [0.3, 0.4) is 0 Å². The van der Waals surface area contributed by atoms with Gasteiger partial charge in [-0.2, -0.15) is 0 Å². The number of hydrogen-bond acceptors (Lipinski definition) is 2. The number of nitrogens with two attached hydrogens (primary N) is 1. The van der Waals surface area contributed by atoms with E-state index in [2.05, 4.69) is 19.6 Å². The molecule has 3 unspecified atom stereocenters. The normalized spacial score (nSPS) is 44.3. The Kier molecular flexibility index (Phi) is 2.09. The molecule has 2 saturated heterocycles. The van der Waals surface area contributed by atoms with Crippen LogP contribution in [0, 0.1) is 0 Å². The van der Waals surface area contributed by atoms with E-state index in [1.54, 1.807) is 0 Å². The maximum Gasteiger partial charge on any atom is 0.0757 e. The lowest BCUT2D eigenvalue weighted by Gasteiger charge is -2.36. The highest BCUT2D eigenvalue weighted by Crippen LogP contribution is 2.43. The Hall–Kier alpha value is 0.137. The lowest BCUT2D eigenvalue weighted by molar-refractivity contribution is 0.0887. The Morgan fingerprint density at radius 3 is 2.46 bits per heavy atom. The smallest absolute Gasteiger partial charge is 0.0757 e. The molecule has 0 aromatic heterocycles. The Balaban J connectivity index is 2.06. The predicted octanol–water partition coefficient (Wildman–Crippen LogP) is 1.97. The first-order valence-corrected chi connectivity index (χ1v) is 9.04. The molecule has 2 fully saturated rings. The van der Waals surface area contributed by atoms with E-state index in [0.29, 0.717) is 12.2 Å². The molecule has 0 aliphatic carbocycles. The van der Waals surface area contributed by atoms with Crippen LogP contribution in [0.1, 0.15) is 19.3 Å². The van der Waals surface area contributed by atoms with Gasteiger partial charge in [0.15, 0.2) is 0 Å². The topological polar surface area (TPSA) is 35.2 Å². The van der Waals surface area contributed by atoms with Gasteiger partial charge in [-0.05, 0) is 25.3 Å². The minimum absolute atomic E-state index is 0.0351. The van der Waals surface area contributed by atoms with Gasteiger partial charge in [-0.3, -0.25) is 0 Å². The summed E-state index contributed by atoms with van der Waals surface area (Å²) in [6.45, 7) is 7.19. The quantitative estimate of drug-likeness (QED) is 0.690. The highest BCUT2D eigenvalue weighted by Gasteiger charge is 2.51. The van der Waals surface area contributed by atoms with Gasteiger partial charge in [0.2, 0.25) is 0 Å². The number of ether oxygens (including phenoxy) is 1. The molecule has 0 aromatic rings. The SMILES string of the molecule is C[Si](C)(C)CC1(N)CC2CCC1O2. The lowest BCUT2D eigenvalue weighted by atomic mass is 9.84. The molecule has 2 N–H and O–H groups in total. The molecule has 2 aliphatic rings. The Bertz CT molecular complexity index is 213. The number of fused-ring (bicyclic) bond motifs is 2. The molecule has 2 heterocycles. The van der Waals surface area contributed by atoms with Crippen LogP contribution >= 0.6 is 0 Å². The zero-order valence-electron chi connectivity index (χ0n) is 8.97. The third kappa shape index (κ3) is 1.83. The first kappa shape index (κ1) is 9.68. The fourth-order valence-corrected chi connectivity index (χ4v) is 5.35. The highest BCUT2D eigenvalue weighted by molar-refractivity contribution is 6.76. The van der Waals surface area contributed by atoms with E-state index in [1.807, 2.05) is 0 Å². The fraction of sp³-hybridized carbons (Fsp3) is 1.00.